The molecule has 0 spiro atoms. The average molecular weight is 321 g/mol. The highest BCUT2D eigenvalue weighted by Gasteiger charge is 2.06. The van der Waals surface area contributed by atoms with Crippen molar-refractivity contribution in [3.63, 3.8) is 0 Å². The molecule has 0 aliphatic heterocycles. The number of hydrogen-bond donors (Lipinski definition) is 3. The van der Waals surface area contributed by atoms with Crippen LogP contribution in [0, 0.1) is 0 Å². The Hall–Kier alpha value is -2.40. The molecule has 2 aromatic rings. The molecular weight excluding hydrogens is 304 g/mol. The van der Waals surface area contributed by atoms with Gasteiger partial charge in [-0.2, -0.15) is 0 Å². The summed E-state index contributed by atoms with van der Waals surface area (Å²) in [5.41, 5.74) is 1.20. The van der Waals surface area contributed by atoms with Crippen LogP contribution in [0.3, 0.4) is 0 Å². The molecule has 0 saturated heterocycles. The van der Waals surface area contributed by atoms with Gasteiger partial charge < -0.3 is 20.5 Å². The zero-order chi connectivity index (χ0) is 15.9. The first-order valence-corrected chi connectivity index (χ1v) is 7.21. The van der Waals surface area contributed by atoms with Gasteiger partial charge in [-0.15, -0.1) is 0 Å². The van der Waals surface area contributed by atoms with Gasteiger partial charge in [0.25, 0.3) is 0 Å². The molecule has 0 heterocycles. The van der Waals surface area contributed by atoms with Gasteiger partial charge in [-0.1, -0.05) is 23.7 Å². The van der Waals surface area contributed by atoms with Gasteiger partial charge in [0.15, 0.2) is 0 Å². The van der Waals surface area contributed by atoms with Gasteiger partial charge in [0.1, 0.15) is 11.5 Å². The van der Waals surface area contributed by atoms with Crippen molar-refractivity contribution in [2.24, 2.45) is 0 Å². The Kier molecular flexibility index (Phi) is 5.49. The standard InChI is InChI=1S/C16H17ClN2O3/c1-2-22-13-6-3-11(4-7-13)10-18-16(21)19-14-9-12(17)5-8-15(14)20/h3-9,20H,2,10H2,1H3,(H2,18,19,21). The molecule has 0 fully saturated rings. The smallest absolute Gasteiger partial charge is 0.319 e. The number of benzene rings is 2. The van der Waals surface area contributed by atoms with Crippen LogP contribution < -0.4 is 15.4 Å². The predicted molar refractivity (Wildman–Crippen MR) is 86.6 cm³/mol. The van der Waals surface area contributed by atoms with Crippen molar-refractivity contribution in [1.29, 1.82) is 0 Å². The first kappa shape index (κ1) is 16.0. The topological polar surface area (TPSA) is 70.6 Å². The van der Waals surface area contributed by atoms with Crippen molar-refractivity contribution in [3.05, 3.63) is 53.1 Å². The first-order chi connectivity index (χ1) is 10.6. The molecule has 6 heteroatoms. The van der Waals surface area contributed by atoms with Crippen molar-refractivity contribution in [2.75, 3.05) is 11.9 Å². The number of ether oxygens (including phenoxy) is 1. The summed E-state index contributed by atoms with van der Waals surface area (Å²) in [6.45, 7) is 2.90. The van der Waals surface area contributed by atoms with E-state index in [0.29, 0.717) is 18.2 Å². The van der Waals surface area contributed by atoms with E-state index in [4.69, 9.17) is 16.3 Å². The van der Waals surface area contributed by atoms with Gasteiger partial charge in [-0.3, -0.25) is 0 Å². The zero-order valence-electron chi connectivity index (χ0n) is 12.1. The van der Waals surface area contributed by atoms with Gasteiger partial charge in [0.05, 0.1) is 12.3 Å². The fourth-order valence-corrected chi connectivity index (χ4v) is 2.00. The maximum absolute atomic E-state index is 11.8. The van der Waals surface area contributed by atoms with Crippen molar-refractivity contribution in [3.8, 4) is 11.5 Å². The summed E-state index contributed by atoms with van der Waals surface area (Å²) in [6.07, 6.45) is 0. The first-order valence-electron chi connectivity index (χ1n) is 6.83. The van der Waals surface area contributed by atoms with Crippen LogP contribution in [-0.2, 0) is 6.54 Å². The summed E-state index contributed by atoms with van der Waals surface area (Å²) in [5.74, 6) is 0.750. The number of rotatable bonds is 5. The number of aromatic hydroxyl groups is 1. The molecule has 2 rings (SSSR count). The quantitative estimate of drug-likeness (QED) is 0.734. The molecule has 0 radical (unpaired) electrons. The number of urea groups is 1. The summed E-state index contributed by atoms with van der Waals surface area (Å²) in [7, 11) is 0. The summed E-state index contributed by atoms with van der Waals surface area (Å²) < 4.78 is 5.35. The molecule has 22 heavy (non-hydrogen) atoms. The van der Waals surface area contributed by atoms with Crippen LogP contribution in [0.25, 0.3) is 0 Å². The van der Waals surface area contributed by atoms with Crippen molar-refractivity contribution < 1.29 is 14.6 Å². The van der Waals surface area contributed by atoms with Crippen molar-refractivity contribution in [1.82, 2.24) is 5.32 Å². The summed E-state index contributed by atoms with van der Waals surface area (Å²) in [5, 5.41) is 15.3. The number of carbonyl (C=O) groups excluding carboxylic acids is 1. The van der Waals surface area contributed by atoms with Gasteiger partial charge in [0, 0.05) is 11.6 Å². The van der Waals surface area contributed by atoms with Crippen LogP contribution in [0.1, 0.15) is 12.5 Å². The Bertz CT molecular complexity index is 644. The lowest BCUT2D eigenvalue weighted by molar-refractivity contribution is 0.251. The fourth-order valence-electron chi connectivity index (χ4n) is 1.83. The lowest BCUT2D eigenvalue weighted by atomic mass is 10.2. The third kappa shape index (κ3) is 4.56. The van der Waals surface area contributed by atoms with E-state index >= 15 is 0 Å². The summed E-state index contributed by atoms with van der Waals surface area (Å²) in [4.78, 5) is 11.8. The van der Waals surface area contributed by atoms with E-state index in [1.54, 1.807) is 6.07 Å². The number of anilines is 1. The molecule has 5 nitrogen and oxygen atoms in total. The Labute approximate surface area is 133 Å². The molecule has 3 N–H and O–H groups in total. The predicted octanol–water partition coefficient (Wildman–Crippen LogP) is 3.77. The molecule has 0 atom stereocenters. The summed E-state index contributed by atoms with van der Waals surface area (Å²) in [6, 6.07) is 11.5. The van der Waals surface area contributed by atoms with E-state index in [1.807, 2.05) is 31.2 Å². The van der Waals surface area contributed by atoms with E-state index in [0.717, 1.165) is 11.3 Å². The number of amides is 2. The van der Waals surface area contributed by atoms with Crippen LogP contribution in [0.15, 0.2) is 42.5 Å². The highest BCUT2D eigenvalue weighted by molar-refractivity contribution is 6.31. The third-order valence-electron chi connectivity index (χ3n) is 2.89. The van der Waals surface area contributed by atoms with E-state index in [2.05, 4.69) is 10.6 Å². The lowest BCUT2D eigenvalue weighted by Gasteiger charge is -2.10. The largest absolute Gasteiger partial charge is 0.506 e. The van der Waals surface area contributed by atoms with Crippen LogP contribution in [-0.4, -0.2) is 17.7 Å². The molecule has 0 bridgehead atoms. The average Bonchev–Trinajstić information content (AvgIpc) is 2.51. The van der Waals surface area contributed by atoms with Crippen LogP contribution in [0.2, 0.25) is 5.02 Å². The van der Waals surface area contributed by atoms with E-state index in [9.17, 15) is 9.90 Å². The fraction of sp³-hybridized carbons (Fsp3) is 0.188. The number of nitrogens with one attached hydrogen (secondary N) is 2. The van der Waals surface area contributed by atoms with Gasteiger partial charge >= 0.3 is 6.03 Å². The van der Waals surface area contributed by atoms with E-state index in [-0.39, 0.29) is 11.4 Å². The van der Waals surface area contributed by atoms with Crippen LogP contribution in [0.4, 0.5) is 10.5 Å². The molecule has 0 aliphatic rings. The Morgan fingerprint density at radius 2 is 1.95 bits per heavy atom. The molecular formula is C16H17ClN2O3. The molecule has 0 unspecified atom stereocenters. The lowest BCUT2D eigenvalue weighted by Crippen LogP contribution is -2.28. The second-order valence-electron chi connectivity index (χ2n) is 4.55. The third-order valence-corrected chi connectivity index (χ3v) is 3.13. The molecule has 0 aromatic heterocycles. The van der Waals surface area contributed by atoms with Gasteiger partial charge in [-0.05, 0) is 42.8 Å². The maximum atomic E-state index is 11.8. The zero-order valence-corrected chi connectivity index (χ0v) is 12.9. The number of hydrogen-bond acceptors (Lipinski definition) is 3. The minimum Gasteiger partial charge on any atom is -0.506 e. The molecule has 2 aromatic carbocycles. The van der Waals surface area contributed by atoms with Gasteiger partial charge in [0.2, 0.25) is 0 Å². The van der Waals surface area contributed by atoms with Crippen LogP contribution in [0.5, 0.6) is 11.5 Å². The number of phenolic OH excluding ortho intramolecular Hbond substituents is 1. The Morgan fingerprint density at radius 3 is 2.64 bits per heavy atom. The second-order valence-corrected chi connectivity index (χ2v) is 4.98. The minimum absolute atomic E-state index is 0.0411. The monoisotopic (exact) mass is 320 g/mol. The molecule has 0 saturated carbocycles. The maximum Gasteiger partial charge on any atom is 0.319 e. The second kappa shape index (κ2) is 7.56. The normalized spacial score (nSPS) is 10.1. The number of phenols is 1. The number of halogens is 1. The van der Waals surface area contributed by atoms with E-state index < -0.39 is 6.03 Å². The highest BCUT2D eigenvalue weighted by Crippen LogP contribution is 2.26. The molecule has 116 valence electrons. The Balaban J connectivity index is 1.88. The number of carbonyl (C=O) groups is 1. The highest BCUT2D eigenvalue weighted by atomic mass is 35.5. The van der Waals surface area contributed by atoms with Crippen molar-refractivity contribution in [2.45, 2.75) is 13.5 Å². The molecule has 0 aliphatic carbocycles. The van der Waals surface area contributed by atoms with Crippen LogP contribution >= 0.6 is 11.6 Å². The minimum atomic E-state index is -0.425. The van der Waals surface area contributed by atoms with Gasteiger partial charge in [-0.25, -0.2) is 4.79 Å². The SMILES string of the molecule is CCOc1ccc(CNC(=O)Nc2cc(Cl)ccc2O)cc1. The Morgan fingerprint density at radius 1 is 1.23 bits per heavy atom. The van der Waals surface area contributed by atoms with E-state index in [1.165, 1.54) is 12.1 Å². The molecule has 2 amide bonds. The summed E-state index contributed by atoms with van der Waals surface area (Å²) >= 11 is 5.82. The van der Waals surface area contributed by atoms with Crippen molar-refractivity contribution >= 4 is 23.3 Å².